The molecule has 0 atom stereocenters. The van der Waals surface area contributed by atoms with Crippen LogP contribution in [-0.2, 0) is 13.1 Å². The Hall–Kier alpha value is -2.51. The number of nitrogens with zero attached hydrogens (tertiary/aromatic N) is 6. The van der Waals surface area contributed by atoms with Crippen molar-refractivity contribution in [1.29, 1.82) is 0 Å². The molecule has 0 radical (unpaired) electrons. The van der Waals surface area contributed by atoms with Gasteiger partial charge in [0, 0.05) is 30.6 Å². The molecule has 1 fully saturated rings. The Bertz CT molecular complexity index is 1040. The summed E-state index contributed by atoms with van der Waals surface area (Å²) in [4.78, 5) is 8.79. The second-order valence-corrected chi connectivity index (χ2v) is 8.42. The number of aromatic nitrogens is 4. The number of anilines is 1. The van der Waals surface area contributed by atoms with E-state index in [1.807, 2.05) is 6.07 Å². The molecule has 0 spiro atoms. The van der Waals surface area contributed by atoms with Crippen molar-refractivity contribution in [2.45, 2.75) is 38.8 Å². The summed E-state index contributed by atoms with van der Waals surface area (Å²) >= 11 is 6.30. The molecule has 0 amide bonds. The molecule has 2 aliphatic rings. The van der Waals surface area contributed by atoms with Gasteiger partial charge in [-0.25, -0.2) is 9.37 Å². The molecule has 0 unspecified atom stereocenters. The lowest BCUT2D eigenvalue weighted by atomic mass is 9.95. The first-order valence-corrected chi connectivity index (χ1v) is 10.8. The SMILES string of the molecule is CCN1Cc2cc(Cl)ccc2-n2c(nnc2C2CCN(c3ccc(F)cn3)CC2)C1. The first-order valence-electron chi connectivity index (χ1n) is 10.4. The van der Waals surface area contributed by atoms with Crippen molar-refractivity contribution < 1.29 is 4.39 Å². The van der Waals surface area contributed by atoms with Crippen molar-refractivity contribution in [3.8, 4) is 5.69 Å². The molecule has 0 N–H and O–H groups in total. The molecule has 30 heavy (non-hydrogen) atoms. The standard InChI is InChI=1S/C22H24ClFN6/c1-2-28-13-16-11-17(23)3-5-19(16)30-21(14-28)26-27-22(30)15-7-9-29(10-8-15)20-6-4-18(24)12-25-20/h3-6,11-12,15H,2,7-10,13-14H2,1H3. The lowest BCUT2D eigenvalue weighted by molar-refractivity contribution is 0.268. The number of pyridine rings is 1. The van der Waals surface area contributed by atoms with Crippen LogP contribution in [0.3, 0.4) is 0 Å². The number of rotatable bonds is 3. The van der Waals surface area contributed by atoms with E-state index in [-0.39, 0.29) is 5.82 Å². The van der Waals surface area contributed by atoms with Crippen molar-refractivity contribution in [2.75, 3.05) is 24.5 Å². The number of hydrogen-bond acceptors (Lipinski definition) is 5. The number of fused-ring (bicyclic) bond motifs is 3. The van der Waals surface area contributed by atoms with Crippen molar-refractivity contribution >= 4 is 17.4 Å². The van der Waals surface area contributed by atoms with Gasteiger partial charge in [0.2, 0.25) is 0 Å². The summed E-state index contributed by atoms with van der Waals surface area (Å²) in [5.41, 5.74) is 2.34. The van der Waals surface area contributed by atoms with E-state index in [2.05, 4.69) is 48.6 Å². The molecule has 2 aliphatic heterocycles. The quantitative estimate of drug-likeness (QED) is 0.629. The number of hydrogen-bond donors (Lipinski definition) is 0. The lowest BCUT2D eigenvalue weighted by Crippen LogP contribution is -2.34. The Morgan fingerprint density at radius 3 is 2.67 bits per heavy atom. The number of halogens is 2. The van der Waals surface area contributed by atoms with Crippen LogP contribution in [0.25, 0.3) is 5.69 Å². The summed E-state index contributed by atoms with van der Waals surface area (Å²) in [5.74, 6) is 2.85. The second kappa shape index (κ2) is 7.96. The lowest BCUT2D eigenvalue weighted by Gasteiger charge is -2.32. The highest BCUT2D eigenvalue weighted by atomic mass is 35.5. The van der Waals surface area contributed by atoms with Crippen LogP contribution >= 0.6 is 11.6 Å². The van der Waals surface area contributed by atoms with E-state index in [1.165, 1.54) is 17.8 Å². The van der Waals surface area contributed by atoms with Gasteiger partial charge in [-0.05, 0) is 55.3 Å². The second-order valence-electron chi connectivity index (χ2n) is 7.98. The molecule has 0 bridgehead atoms. The number of piperidine rings is 1. The van der Waals surface area contributed by atoms with E-state index >= 15 is 0 Å². The molecule has 0 aliphatic carbocycles. The zero-order valence-corrected chi connectivity index (χ0v) is 17.7. The highest BCUT2D eigenvalue weighted by molar-refractivity contribution is 6.30. The Morgan fingerprint density at radius 2 is 1.93 bits per heavy atom. The number of benzene rings is 1. The first-order chi connectivity index (χ1) is 14.6. The molecule has 1 saturated heterocycles. The smallest absolute Gasteiger partial charge is 0.151 e. The monoisotopic (exact) mass is 426 g/mol. The Labute approximate surface area is 180 Å². The Balaban J connectivity index is 1.43. The average molecular weight is 427 g/mol. The van der Waals surface area contributed by atoms with Crippen LogP contribution in [0.2, 0.25) is 5.02 Å². The molecule has 5 rings (SSSR count). The van der Waals surface area contributed by atoms with Crippen LogP contribution < -0.4 is 4.90 Å². The minimum absolute atomic E-state index is 0.306. The Morgan fingerprint density at radius 1 is 1.10 bits per heavy atom. The first kappa shape index (κ1) is 19.5. The third-order valence-electron chi connectivity index (χ3n) is 6.14. The van der Waals surface area contributed by atoms with Gasteiger partial charge in [0.05, 0.1) is 18.4 Å². The molecule has 0 saturated carbocycles. The fourth-order valence-electron chi connectivity index (χ4n) is 4.50. The summed E-state index contributed by atoms with van der Waals surface area (Å²) in [6, 6.07) is 9.30. The average Bonchev–Trinajstić information content (AvgIpc) is 3.10. The zero-order chi connectivity index (χ0) is 20.7. The summed E-state index contributed by atoms with van der Waals surface area (Å²) in [6.07, 6.45) is 3.19. The molecule has 2 aromatic heterocycles. The molecular weight excluding hydrogens is 403 g/mol. The third-order valence-corrected chi connectivity index (χ3v) is 6.37. The maximum Gasteiger partial charge on any atom is 0.151 e. The van der Waals surface area contributed by atoms with Crippen LogP contribution in [0, 0.1) is 5.82 Å². The van der Waals surface area contributed by atoms with E-state index in [4.69, 9.17) is 11.6 Å². The van der Waals surface area contributed by atoms with Gasteiger partial charge in [-0.3, -0.25) is 9.47 Å². The van der Waals surface area contributed by atoms with E-state index in [0.29, 0.717) is 5.92 Å². The molecule has 156 valence electrons. The predicted octanol–water partition coefficient (Wildman–Crippen LogP) is 4.17. The van der Waals surface area contributed by atoms with Gasteiger partial charge in [0.25, 0.3) is 0 Å². The maximum absolute atomic E-state index is 13.2. The summed E-state index contributed by atoms with van der Waals surface area (Å²) < 4.78 is 15.4. The van der Waals surface area contributed by atoms with Crippen LogP contribution in [-0.4, -0.2) is 44.3 Å². The van der Waals surface area contributed by atoms with Crippen molar-refractivity contribution in [3.63, 3.8) is 0 Å². The summed E-state index contributed by atoms with van der Waals surface area (Å²) in [7, 11) is 0. The largest absolute Gasteiger partial charge is 0.357 e. The van der Waals surface area contributed by atoms with Gasteiger partial charge in [0.1, 0.15) is 17.5 Å². The van der Waals surface area contributed by atoms with Gasteiger partial charge >= 0.3 is 0 Å². The Kier molecular flexibility index (Phi) is 5.16. The predicted molar refractivity (Wildman–Crippen MR) is 115 cm³/mol. The van der Waals surface area contributed by atoms with Crippen molar-refractivity contribution in [2.24, 2.45) is 0 Å². The van der Waals surface area contributed by atoms with E-state index in [9.17, 15) is 4.39 Å². The van der Waals surface area contributed by atoms with Gasteiger partial charge in [-0.15, -0.1) is 10.2 Å². The third kappa shape index (κ3) is 3.56. The van der Waals surface area contributed by atoms with Crippen LogP contribution in [0.15, 0.2) is 36.5 Å². The minimum atomic E-state index is -0.306. The van der Waals surface area contributed by atoms with Crippen LogP contribution in [0.4, 0.5) is 10.2 Å². The molecule has 4 heterocycles. The fraction of sp³-hybridized carbons (Fsp3) is 0.409. The topological polar surface area (TPSA) is 50.1 Å². The fourth-order valence-corrected chi connectivity index (χ4v) is 4.70. The molecule has 1 aromatic carbocycles. The molecule has 3 aromatic rings. The van der Waals surface area contributed by atoms with E-state index in [1.54, 1.807) is 6.07 Å². The molecule has 6 nitrogen and oxygen atoms in total. The van der Waals surface area contributed by atoms with Crippen LogP contribution in [0.5, 0.6) is 0 Å². The minimum Gasteiger partial charge on any atom is -0.357 e. The van der Waals surface area contributed by atoms with Crippen molar-refractivity contribution in [3.05, 3.63) is 64.6 Å². The van der Waals surface area contributed by atoms with Crippen LogP contribution in [0.1, 0.15) is 42.9 Å². The highest BCUT2D eigenvalue weighted by Gasteiger charge is 2.30. The van der Waals surface area contributed by atoms with E-state index < -0.39 is 0 Å². The van der Waals surface area contributed by atoms with Gasteiger partial charge in [0.15, 0.2) is 5.82 Å². The van der Waals surface area contributed by atoms with Gasteiger partial charge in [-0.1, -0.05) is 18.5 Å². The zero-order valence-electron chi connectivity index (χ0n) is 16.9. The molecular formula is C22H24ClFN6. The van der Waals surface area contributed by atoms with Gasteiger partial charge < -0.3 is 4.90 Å². The molecule has 8 heteroatoms. The van der Waals surface area contributed by atoms with Crippen molar-refractivity contribution in [1.82, 2.24) is 24.6 Å². The summed E-state index contributed by atoms with van der Waals surface area (Å²) in [6.45, 7) is 6.45. The van der Waals surface area contributed by atoms with Gasteiger partial charge in [-0.2, -0.15) is 0 Å². The summed E-state index contributed by atoms with van der Waals surface area (Å²) in [5, 5.41) is 9.95. The van der Waals surface area contributed by atoms with E-state index in [0.717, 1.165) is 73.7 Å². The highest BCUT2D eigenvalue weighted by Crippen LogP contribution is 2.34. The normalized spacial score (nSPS) is 17.5. The maximum atomic E-state index is 13.2.